The molecule has 5 rings (SSSR count). The fourth-order valence-corrected chi connectivity index (χ4v) is 4.46. The maximum atomic E-state index is 12.7. The van der Waals surface area contributed by atoms with Gasteiger partial charge in [0.25, 0.3) is 5.91 Å². The number of nitrogens with one attached hydrogen (secondary N) is 1. The van der Waals surface area contributed by atoms with Crippen molar-refractivity contribution >= 4 is 40.2 Å². The predicted molar refractivity (Wildman–Crippen MR) is 139 cm³/mol. The molecule has 182 valence electrons. The van der Waals surface area contributed by atoms with Gasteiger partial charge in [-0.3, -0.25) is 4.79 Å². The molecule has 1 fully saturated rings. The highest BCUT2D eigenvalue weighted by Gasteiger charge is 2.21. The van der Waals surface area contributed by atoms with Crippen LogP contribution >= 0.6 is 0 Å². The molecule has 3 heterocycles. The SMILES string of the molecule is Cc1ccccc1C(=O)Nc1ccc2nc(N3CCCN(c4ncccn4)CC3)cc(C(=O)O)c2c1. The van der Waals surface area contributed by atoms with E-state index in [1.807, 2.05) is 25.1 Å². The molecule has 1 amide bonds. The zero-order chi connectivity index (χ0) is 25.1. The Kier molecular flexibility index (Phi) is 6.44. The third-order valence-corrected chi connectivity index (χ3v) is 6.33. The number of carboxylic acid groups (broad SMARTS) is 1. The van der Waals surface area contributed by atoms with Gasteiger partial charge in [0.2, 0.25) is 5.95 Å². The van der Waals surface area contributed by atoms with E-state index in [-0.39, 0.29) is 11.5 Å². The molecule has 1 saturated heterocycles. The van der Waals surface area contributed by atoms with Gasteiger partial charge in [0.1, 0.15) is 5.82 Å². The number of aryl methyl sites for hydroxylation is 1. The van der Waals surface area contributed by atoms with Crippen molar-refractivity contribution in [3.8, 4) is 0 Å². The molecular formula is C27H26N6O3. The van der Waals surface area contributed by atoms with Crippen molar-refractivity contribution in [3.63, 3.8) is 0 Å². The van der Waals surface area contributed by atoms with Crippen LogP contribution in [0.1, 0.15) is 32.7 Å². The van der Waals surface area contributed by atoms with Crippen molar-refractivity contribution in [1.29, 1.82) is 0 Å². The number of carbonyl (C=O) groups excluding carboxylic acids is 1. The van der Waals surface area contributed by atoms with Crippen LogP contribution in [0.2, 0.25) is 0 Å². The summed E-state index contributed by atoms with van der Waals surface area (Å²) >= 11 is 0. The number of aromatic carboxylic acids is 1. The van der Waals surface area contributed by atoms with Crippen LogP contribution in [0.5, 0.6) is 0 Å². The van der Waals surface area contributed by atoms with E-state index in [1.165, 1.54) is 0 Å². The van der Waals surface area contributed by atoms with E-state index < -0.39 is 5.97 Å². The Morgan fingerprint density at radius 3 is 2.42 bits per heavy atom. The van der Waals surface area contributed by atoms with Gasteiger partial charge in [-0.2, -0.15) is 0 Å². The van der Waals surface area contributed by atoms with Crippen LogP contribution in [-0.2, 0) is 0 Å². The number of hydrogen-bond donors (Lipinski definition) is 2. The van der Waals surface area contributed by atoms with Gasteiger partial charge in [-0.05, 0) is 55.3 Å². The lowest BCUT2D eigenvalue weighted by atomic mass is 10.1. The van der Waals surface area contributed by atoms with E-state index in [0.717, 1.165) is 25.1 Å². The lowest BCUT2D eigenvalue weighted by Gasteiger charge is -2.23. The van der Waals surface area contributed by atoms with Gasteiger partial charge in [-0.1, -0.05) is 18.2 Å². The molecule has 0 spiro atoms. The van der Waals surface area contributed by atoms with Crippen molar-refractivity contribution in [2.75, 3.05) is 41.3 Å². The first-order valence-electron chi connectivity index (χ1n) is 11.8. The highest BCUT2D eigenvalue weighted by atomic mass is 16.4. The van der Waals surface area contributed by atoms with Crippen molar-refractivity contribution in [3.05, 3.63) is 83.7 Å². The molecule has 0 aliphatic carbocycles. The molecule has 0 saturated carbocycles. The monoisotopic (exact) mass is 482 g/mol. The Bertz CT molecular complexity index is 1430. The minimum absolute atomic E-state index is 0.148. The Morgan fingerprint density at radius 1 is 0.889 bits per heavy atom. The molecule has 36 heavy (non-hydrogen) atoms. The fourth-order valence-electron chi connectivity index (χ4n) is 4.46. The van der Waals surface area contributed by atoms with Crippen molar-refractivity contribution < 1.29 is 14.7 Å². The van der Waals surface area contributed by atoms with Crippen LogP contribution in [0.25, 0.3) is 10.9 Å². The van der Waals surface area contributed by atoms with Crippen molar-refractivity contribution in [2.45, 2.75) is 13.3 Å². The third kappa shape index (κ3) is 4.81. The molecule has 2 N–H and O–H groups in total. The van der Waals surface area contributed by atoms with Crippen LogP contribution < -0.4 is 15.1 Å². The van der Waals surface area contributed by atoms with E-state index in [9.17, 15) is 14.7 Å². The number of aromatic nitrogens is 3. The smallest absolute Gasteiger partial charge is 0.336 e. The molecule has 0 atom stereocenters. The second kappa shape index (κ2) is 9.99. The normalized spacial score (nSPS) is 13.9. The van der Waals surface area contributed by atoms with Gasteiger partial charge in [-0.25, -0.2) is 19.7 Å². The summed E-state index contributed by atoms with van der Waals surface area (Å²) in [5.74, 6) is 0.0235. The summed E-state index contributed by atoms with van der Waals surface area (Å²) in [5.41, 5.74) is 2.66. The molecule has 2 aromatic carbocycles. The van der Waals surface area contributed by atoms with Gasteiger partial charge >= 0.3 is 5.97 Å². The Morgan fingerprint density at radius 2 is 1.64 bits per heavy atom. The summed E-state index contributed by atoms with van der Waals surface area (Å²) in [7, 11) is 0. The molecule has 2 aromatic heterocycles. The summed E-state index contributed by atoms with van der Waals surface area (Å²) in [5, 5.41) is 13.3. The lowest BCUT2D eigenvalue weighted by molar-refractivity contribution is 0.0698. The van der Waals surface area contributed by atoms with Crippen LogP contribution in [0.15, 0.2) is 67.0 Å². The molecule has 9 heteroatoms. The van der Waals surface area contributed by atoms with Crippen LogP contribution in [-0.4, -0.2) is 58.1 Å². The largest absolute Gasteiger partial charge is 0.478 e. The van der Waals surface area contributed by atoms with Crippen LogP contribution in [0.3, 0.4) is 0 Å². The molecule has 0 unspecified atom stereocenters. The van der Waals surface area contributed by atoms with E-state index >= 15 is 0 Å². The predicted octanol–water partition coefficient (Wildman–Crippen LogP) is 4.00. The summed E-state index contributed by atoms with van der Waals surface area (Å²) in [6.45, 7) is 4.80. The van der Waals surface area contributed by atoms with Gasteiger partial charge < -0.3 is 20.2 Å². The maximum Gasteiger partial charge on any atom is 0.336 e. The number of rotatable bonds is 5. The van der Waals surface area contributed by atoms with Crippen molar-refractivity contribution in [2.24, 2.45) is 0 Å². The molecule has 9 nitrogen and oxygen atoms in total. The zero-order valence-electron chi connectivity index (χ0n) is 19.9. The molecule has 1 aliphatic rings. The number of nitrogens with zero attached hydrogens (tertiary/aromatic N) is 5. The second-order valence-electron chi connectivity index (χ2n) is 8.71. The van der Waals surface area contributed by atoms with Gasteiger partial charge in [-0.15, -0.1) is 0 Å². The number of fused-ring (bicyclic) bond motifs is 1. The van der Waals surface area contributed by atoms with E-state index in [1.54, 1.807) is 48.8 Å². The number of carbonyl (C=O) groups is 2. The Balaban J connectivity index is 1.41. The van der Waals surface area contributed by atoms with Gasteiger partial charge in [0.15, 0.2) is 0 Å². The van der Waals surface area contributed by atoms with E-state index in [4.69, 9.17) is 4.98 Å². The second-order valence-corrected chi connectivity index (χ2v) is 8.71. The summed E-state index contributed by atoms with van der Waals surface area (Å²) in [6.07, 6.45) is 4.32. The van der Waals surface area contributed by atoms with Crippen LogP contribution in [0.4, 0.5) is 17.5 Å². The van der Waals surface area contributed by atoms with Crippen LogP contribution in [0, 0.1) is 6.92 Å². The maximum absolute atomic E-state index is 12.7. The molecule has 0 radical (unpaired) electrons. The lowest BCUT2D eigenvalue weighted by Crippen LogP contribution is -2.32. The fraction of sp³-hybridized carbons (Fsp3) is 0.222. The number of carboxylic acids is 1. The standard InChI is InChI=1S/C27H26N6O3/c1-18-6-2-3-7-20(18)25(34)30-19-8-9-23-21(16-19)22(26(35)36)17-24(31-23)32-12-5-13-33(15-14-32)27-28-10-4-11-29-27/h2-4,6-11,16-17H,5,12-15H2,1H3,(H,30,34)(H,35,36). The summed E-state index contributed by atoms with van der Waals surface area (Å²) < 4.78 is 0. The molecule has 1 aliphatic heterocycles. The topological polar surface area (TPSA) is 112 Å². The number of anilines is 3. The van der Waals surface area contributed by atoms with E-state index in [2.05, 4.69) is 25.1 Å². The van der Waals surface area contributed by atoms with E-state index in [0.29, 0.717) is 47.0 Å². The van der Waals surface area contributed by atoms with Crippen molar-refractivity contribution in [1.82, 2.24) is 15.0 Å². The summed E-state index contributed by atoms with van der Waals surface area (Å²) in [6, 6.07) is 15.9. The minimum Gasteiger partial charge on any atom is -0.478 e. The average molecular weight is 483 g/mol. The minimum atomic E-state index is -1.04. The van der Waals surface area contributed by atoms with Gasteiger partial charge in [0, 0.05) is 55.2 Å². The number of hydrogen-bond acceptors (Lipinski definition) is 7. The first-order chi connectivity index (χ1) is 17.5. The first kappa shape index (κ1) is 23.2. The molecule has 4 aromatic rings. The number of pyridine rings is 1. The number of amides is 1. The quantitative estimate of drug-likeness (QED) is 0.439. The first-order valence-corrected chi connectivity index (χ1v) is 11.8. The molecule has 0 bridgehead atoms. The Labute approximate surface area is 208 Å². The number of benzene rings is 2. The highest BCUT2D eigenvalue weighted by molar-refractivity contribution is 6.08. The average Bonchev–Trinajstić information content (AvgIpc) is 3.15. The Hall–Kier alpha value is -4.53. The van der Waals surface area contributed by atoms with Gasteiger partial charge in [0.05, 0.1) is 11.1 Å². The molecular weight excluding hydrogens is 456 g/mol. The zero-order valence-corrected chi connectivity index (χ0v) is 19.9. The third-order valence-electron chi connectivity index (χ3n) is 6.33. The summed E-state index contributed by atoms with van der Waals surface area (Å²) in [4.78, 5) is 42.6. The highest BCUT2D eigenvalue weighted by Crippen LogP contribution is 2.27.